The molecule has 0 unspecified atom stereocenters. The topological polar surface area (TPSA) is 46.6 Å². The third-order valence-electron chi connectivity index (χ3n) is 4.79. The molecule has 23 heavy (non-hydrogen) atoms. The summed E-state index contributed by atoms with van der Waals surface area (Å²) in [5.74, 6) is 0.418. The van der Waals surface area contributed by atoms with E-state index in [4.69, 9.17) is 4.74 Å². The Morgan fingerprint density at radius 3 is 2.74 bits per heavy atom. The second-order valence-corrected chi connectivity index (χ2v) is 7.54. The number of halogens is 1. The van der Waals surface area contributed by atoms with Crippen LogP contribution in [0.3, 0.4) is 0 Å². The highest BCUT2D eigenvalue weighted by atomic mass is 79.9. The van der Waals surface area contributed by atoms with Crippen LogP contribution < -0.4 is 4.90 Å². The third kappa shape index (κ3) is 3.94. The van der Waals surface area contributed by atoms with E-state index in [9.17, 15) is 9.59 Å². The van der Waals surface area contributed by atoms with Crippen LogP contribution in [-0.2, 0) is 20.7 Å². The van der Waals surface area contributed by atoms with Crippen molar-refractivity contribution in [1.29, 1.82) is 0 Å². The minimum Gasteiger partial charge on any atom is -0.461 e. The van der Waals surface area contributed by atoms with Crippen molar-refractivity contribution in [1.82, 2.24) is 0 Å². The second kappa shape index (κ2) is 7.04. The Kier molecular flexibility index (Phi) is 5.05. The summed E-state index contributed by atoms with van der Waals surface area (Å²) < 4.78 is 6.58. The van der Waals surface area contributed by atoms with E-state index in [2.05, 4.69) is 22.9 Å². The van der Waals surface area contributed by atoms with Gasteiger partial charge >= 0.3 is 5.97 Å². The Balaban J connectivity index is 1.65. The molecule has 1 aliphatic heterocycles. The molecule has 0 spiro atoms. The van der Waals surface area contributed by atoms with E-state index in [1.165, 1.54) is 0 Å². The van der Waals surface area contributed by atoms with E-state index < -0.39 is 0 Å². The SMILES string of the molecule is CC1CCC(OC(=O)CN2C(=O)CCc3cc(Br)ccc32)CC1. The first-order valence-electron chi connectivity index (χ1n) is 8.31. The van der Waals surface area contributed by atoms with Crippen LogP contribution in [0.4, 0.5) is 5.69 Å². The average molecular weight is 380 g/mol. The summed E-state index contributed by atoms with van der Waals surface area (Å²) in [6.07, 6.45) is 5.27. The molecular formula is C18H22BrNO3. The summed E-state index contributed by atoms with van der Waals surface area (Å²) in [6, 6.07) is 5.81. The second-order valence-electron chi connectivity index (χ2n) is 6.62. The van der Waals surface area contributed by atoms with Gasteiger partial charge < -0.3 is 9.64 Å². The minimum atomic E-state index is -0.298. The van der Waals surface area contributed by atoms with Crippen LogP contribution >= 0.6 is 15.9 Å². The van der Waals surface area contributed by atoms with Crippen LogP contribution in [-0.4, -0.2) is 24.5 Å². The normalized spacial score (nSPS) is 24.3. The van der Waals surface area contributed by atoms with Crippen LogP contribution in [0.1, 0.15) is 44.6 Å². The van der Waals surface area contributed by atoms with Crippen molar-refractivity contribution in [3.05, 3.63) is 28.2 Å². The van der Waals surface area contributed by atoms with Gasteiger partial charge in [0, 0.05) is 16.6 Å². The zero-order valence-corrected chi connectivity index (χ0v) is 15.0. The zero-order valence-electron chi connectivity index (χ0n) is 13.4. The molecule has 1 aromatic rings. The maximum absolute atomic E-state index is 12.3. The largest absolute Gasteiger partial charge is 0.461 e. The molecule has 1 amide bonds. The van der Waals surface area contributed by atoms with Crippen molar-refractivity contribution < 1.29 is 14.3 Å². The van der Waals surface area contributed by atoms with Crippen LogP contribution in [0.2, 0.25) is 0 Å². The van der Waals surface area contributed by atoms with E-state index in [1.54, 1.807) is 4.90 Å². The summed E-state index contributed by atoms with van der Waals surface area (Å²) in [7, 11) is 0. The number of carbonyl (C=O) groups excluding carboxylic acids is 2. The predicted octanol–water partition coefficient (Wildman–Crippen LogP) is 3.85. The van der Waals surface area contributed by atoms with Gasteiger partial charge in [-0.25, -0.2) is 0 Å². The van der Waals surface area contributed by atoms with Gasteiger partial charge in [0.15, 0.2) is 0 Å². The standard InChI is InChI=1S/C18H22BrNO3/c1-12-2-6-15(7-3-12)23-18(22)11-20-16-8-5-14(19)10-13(16)4-9-17(20)21/h5,8,10,12,15H,2-4,6-7,9,11H2,1H3. The lowest BCUT2D eigenvalue weighted by Crippen LogP contribution is -2.40. The third-order valence-corrected chi connectivity index (χ3v) is 5.28. The summed E-state index contributed by atoms with van der Waals surface area (Å²) in [4.78, 5) is 26.0. The lowest BCUT2D eigenvalue weighted by molar-refractivity contribution is -0.149. The number of rotatable bonds is 3. The number of hydrogen-bond acceptors (Lipinski definition) is 3. The molecule has 4 nitrogen and oxygen atoms in total. The van der Waals surface area contributed by atoms with Crippen LogP contribution in [0, 0.1) is 5.92 Å². The maximum atomic E-state index is 12.3. The Hall–Kier alpha value is -1.36. The van der Waals surface area contributed by atoms with Crippen molar-refractivity contribution >= 4 is 33.5 Å². The van der Waals surface area contributed by atoms with Gasteiger partial charge in [0.25, 0.3) is 0 Å². The first kappa shape index (κ1) is 16.5. The number of benzene rings is 1. The van der Waals surface area contributed by atoms with Gasteiger partial charge in [0.1, 0.15) is 12.6 Å². The summed E-state index contributed by atoms with van der Waals surface area (Å²) in [5, 5.41) is 0. The predicted molar refractivity (Wildman–Crippen MR) is 92.3 cm³/mol. The number of aryl methyl sites for hydroxylation is 1. The van der Waals surface area contributed by atoms with E-state index >= 15 is 0 Å². The molecule has 0 N–H and O–H groups in total. The molecule has 1 aliphatic carbocycles. The van der Waals surface area contributed by atoms with Crippen LogP contribution in [0.5, 0.6) is 0 Å². The van der Waals surface area contributed by atoms with Gasteiger partial charge in [0.05, 0.1) is 0 Å². The number of hydrogen-bond donors (Lipinski definition) is 0. The van der Waals surface area contributed by atoms with Crippen LogP contribution in [0.25, 0.3) is 0 Å². The number of amides is 1. The monoisotopic (exact) mass is 379 g/mol. The highest BCUT2D eigenvalue weighted by molar-refractivity contribution is 9.10. The molecule has 2 aliphatic rings. The van der Waals surface area contributed by atoms with Gasteiger partial charge in [-0.3, -0.25) is 9.59 Å². The fraction of sp³-hybridized carbons (Fsp3) is 0.556. The van der Waals surface area contributed by atoms with Crippen LogP contribution in [0.15, 0.2) is 22.7 Å². The molecule has 0 aromatic heterocycles. The molecule has 5 heteroatoms. The molecular weight excluding hydrogens is 358 g/mol. The Morgan fingerprint density at radius 1 is 1.26 bits per heavy atom. The maximum Gasteiger partial charge on any atom is 0.326 e. The fourth-order valence-electron chi connectivity index (χ4n) is 3.40. The lowest BCUT2D eigenvalue weighted by atomic mass is 9.89. The van der Waals surface area contributed by atoms with Gasteiger partial charge in [0.2, 0.25) is 5.91 Å². The minimum absolute atomic E-state index is 0.00552. The van der Waals surface area contributed by atoms with E-state index in [-0.39, 0.29) is 24.5 Å². The molecule has 0 atom stereocenters. The average Bonchev–Trinajstić information content (AvgIpc) is 2.52. The first-order chi connectivity index (χ1) is 11.0. The Morgan fingerprint density at radius 2 is 2.00 bits per heavy atom. The van der Waals surface area contributed by atoms with E-state index in [0.717, 1.165) is 53.7 Å². The molecule has 1 saturated carbocycles. The van der Waals surface area contributed by atoms with Crippen molar-refractivity contribution in [3.8, 4) is 0 Å². The van der Waals surface area contributed by atoms with Crippen molar-refractivity contribution in [2.75, 3.05) is 11.4 Å². The molecule has 1 heterocycles. The van der Waals surface area contributed by atoms with Gasteiger partial charge in [-0.05, 0) is 61.8 Å². The highest BCUT2D eigenvalue weighted by Gasteiger charge is 2.28. The smallest absolute Gasteiger partial charge is 0.326 e. The molecule has 3 rings (SSSR count). The summed E-state index contributed by atoms with van der Waals surface area (Å²) >= 11 is 3.45. The van der Waals surface area contributed by atoms with Gasteiger partial charge in [-0.1, -0.05) is 22.9 Å². The molecule has 0 bridgehead atoms. The Bertz CT molecular complexity index is 608. The zero-order chi connectivity index (χ0) is 16.4. The van der Waals surface area contributed by atoms with E-state index in [1.807, 2.05) is 18.2 Å². The molecule has 1 aromatic carbocycles. The number of fused-ring (bicyclic) bond motifs is 1. The number of anilines is 1. The number of ether oxygens (including phenoxy) is 1. The molecule has 0 saturated heterocycles. The molecule has 124 valence electrons. The number of carbonyl (C=O) groups is 2. The molecule has 1 fully saturated rings. The number of nitrogens with zero attached hydrogens (tertiary/aromatic N) is 1. The summed E-state index contributed by atoms with van der Waals surface area (Å²) in [5.41, 5.74) is 1.93. The van der Waals surface area contributed by atoms with Crippen molar-refractivity contribution in [2.45, 2.75) is 51.6 Å². The quantitative estimate of drug-likeness (QED) is 0.749. The van der Waals surface area contributed by atoms with Crippen molar-refractivity contribution in [3.63, 3.8) is 0 Å². The van der Waals surface area contributed by atoms with Gasteiger partial charge in [-0.15, -0.1) is 0 Å². The summed E-state index contributed by atoms with van der Waals surface area (Å²) in [6.45, 7) is 2.25. The number of esters is 1. The fourth-order valence-corrected chi connectivity index (χ4v) is 3.81. The highest BCUT2D eigenvalue weighted by Crippen LogP contribution is 2.31. The lowest BCUT2D eigenvalue weighted by Gasteiger charge is -2.30. The van der Waals surface area contributed by atoms with E-state index in [0.29, 0.717) is 6.42 Å². The Labute approximate surface area is 145 Å². The van der Waals surface area contributed by atoms with Gasteiger partial charge in [-0.2, -0.15) is 0 Å². The van der Waals surface area contributed by atoms with Crippen molar-refractivity contribution in [2.24, 2.45) is 5.92 Å². The molecule has 0 radical (unpaired) electrons. The first-order valence-corrected chi connectivity index (χ1v) is 9.10.